The number of fused-ring (bicyclic) bond motifs is 1. The van der Waals surface area contributed by atoms with Crippen LogP contribution in [0.1, 0.15) is 44.7 Å². The van der Waals surface area contributed by atoms with Gasteiger partial charge in [0.05, 0.1) is 18.7 Å². The van der Waals surface area contributed by atoms with Gasteiger partial charge in [0.15, 0.2) is 5.13 Å². The summed E-state index contributed by atoms with van der Waals surface area (Å²) in [5.41, 5.74) is 6.83. The van der Waals surface area contributed by atoms with Gasteiger partial charge in [0.2, 0.25) is 17.4 Å². The largest absolute Gasteiger partial charge is 0.511 e. The smallest absolute Gasteiger partial charge is 0.431 e. The van der Waals surface area contributed by atoms with Gasteiger partial charge in [-0.1, -0.05) is 18.2 Å². The summed E-state index contributed by atoms with van der Waals surface area (Å²) in [6, 6.07) is -0.844. The van der Waals surface area contributed by atoms with E-state index < -0.39 is 35.7 Å². The van der Waals surface area contributed by atoms with Crippen molar-refractivity contribution in [3.8, 4) is 0 Å². The van der Waals surface area contributed by atoms with Crippen LogP contribution in [0.3, 0.4) is 0 Å². The Labute approximate surface area is 302 Å². The van der Waals surface area contributed by atoms with E-state index >= 15 is 0 Å². The molecule has 21 heteroatoms. The first-order valence-electron chi connectivity index (χ1n) is 14.9. The van der Waals surface area contributed by atoms with E-state index in [-0.39, 0.29) is 54.7 Å². The lowest BCUT2D eigenvalue weighted by Crippen LogP contribution is -2.70. The maximum Gasteiger partial charge on any atom is 0.511 e. The third-order valence-electron chi connectivity index (χ3n) is 7.45. The number of carbonyl (C=O) groups excluding carboxylic acids is 4. The quantitative estimate of drug-likeness (QED) is 0.130. The molecule has 0 aromatic carbocycles. The van der Waals surface area contributed by atoms with Gasteiger partial charge in [-0.2, -0.15) is 0 Å². The molecule has 3 atom stereocenters. The Kier molecular flexibility index (Phi) is 15.0. The van der Waals surface area contributed by atoms with Crippen molar-refractivity contribution in [1.29, 1.82) is 0 Å². The van der Waals surface area contributed by atoms with Crippen LogP contribution >= 0.6 is 59.7 Å². The number of rotatable bonds is 13. The second kappa shape index (κ2) is 18.2. The zero-order valence-electron chi connectivity index (χ0n) is 26.6. The molecule has 0 spiro atoms. The predicted molar refractivity (Wildman–Crippen MR) is 184 cm³/mol. The number of carbonyl (C=O) groups is 4. The number of thiazole rings is 1. The van der Waals surface area contributed by atoms with Gasteiger partial charge in [-0.05, 0) is 55.8 Å². The first-order chi connectivity index (χ1) is 22.1. The summed E-state index contributed by atoms with van der Waals surface area (Å²) in [6.45, 7) is 2.70. The molecule has 2 amide bonds. The molecule has 1 saturated heterocycles. The van der Waals surface area contributed by atoms with Crippen LogP contribution in [0.4, 0.5) is 9.93 Å². The van der Waals surface area contributed by atoms with Crippen molar-refractivity contribution in [2.24, 2.45) is 0 Å². The third-order valence-corrected chi connectivity index (χ3v) is 10.6. The summed E-state index contributed by atoms with van der Waals surface area (Å²) >= 11 is 3.97. The number of ether oxygens (including phenoxy) is 3. The van der Waals surface area contributed by atoms with Crippen LogP contribution in [0.5, 0.6) is 0 Å². The highest BCUT2D eigenvalue weighted by atomic mass is 35.5. The summed E-state index contributed by atoms with van der Waals surface area (Å²) in [5, 5.41) is 16.8. The molecule has 0 bridgehead atoms. The Morgan fingerprint density at radius 3 is 2.62 bits per heavy atom. The zero-order chi connectivity index (χ0) is 32.8. The molecule has 48 heavy (non-hydrogen) atoms. The Morgan fingerprint density at radius 2 is 1.94 bits per heavy atom. The number of amides is 2. The highest BCUT2D eigenvalue weighted by Crippen LogP contribution is 2.42. The molecular formula is C27H39Cl2N9O7S3. The molecule has 2 aromatic rings. The monoisotopic (exact) mass is 767 g/mol. The highest BCUT2D eigenvalue weighted by molar-refractivity contribution is 8.01. The second-order valence-corrected chi connectivity index (χ2v) is 14.2. The third kappa shape index (κ3) is 10.1. The maximum atomic E-state index is 13.6. The fourth-order valence-corrected chi connectivity index (χ4v) is 8.13. The number of β-lactam (4-membered cyclic amide) rings is 1. The summed E-state index contributed by atoms with van der Waals surface area (Å²) < 4.78 is 17.8. The minimum absolute atomic E-state index is 0. The molecule has 266 valence electrons. The van der Waals surface area contributed by atoms with Gasteiger partial charge in [0, 0.05) is 30.4 Å². The molecule has 0 radical (unpaired) electrons. The number of aromatic nitrogens is 5. The van der Waals surface area contributed by atoms with Crippen molar-refractivity contribution in [3.05, 3.63) is 22.3 Å². The number of nitrogens with zero attached hydrogens (tertiary/aromatic N) is 7. The van der Waals surface area contributed by atoms with Crippen LogP contribution in [0.25, 0.3) is 0 Å². The van der Waals surface area contributed by atoms with E-state index in [0.717, 1.165) is 38.6 Å². The Hall–Kier alpha value is -2.84. The average molecular weight is 769 g/mol. The Bertz CT molecular complexity index is 1470. The molecule has 1 aliphatic carbocycles. The average Bonchev–Trinajstić information content (AvgIpc) is 3.65. The van der Waals surface area contributed by atoms with E-state index in [4.69, 9.17) is 19.9 Å². The number of thioether (sulfide) groups is 2. The fraction of sp³-hybridized carbons (Fsp3) is 0.630. The van der Waals surface area contributed by atoms with Crippen LogP contribution in [0.2, 0.25) is 0 Å². The summed E-state index contributed by atoms with van der Waals surface area (Å²) in [6.07, 6.45) is 2.14. The normalized spacial score (nSPS) is 19.8. The topological polar surface area (TPSA) is 197 Å². The standard InChI is InChI=1S/C27H37N9O7S3.2ClH/c1-15(42-27(40)43-18-7-5-4-6-8-18)41-24(39)21-16(13-46-26-31-32-33-35(26)10-9-34(2)3)12-44-23-20(22(38)36(21)23)30-19(37)11-17-14-45-25(28)29-17;;/h14-15,18,20,23H,4-13H2,1-3H3,(H2,28,29)(H,30,37);2*1H/t15?,20-,23+;;/m1../s1. The van der Waals surface area contributed by atoms with Gasteiger partial charge < -0.3 is 30.2 Å². The minimum atomic E-state index is -1.27. The van der Waals surface area contributed by atoms with E-state index in [9.17, 15) is 19.2 Å². The van der Waals surface area contributed by atoms with Gasteiger partial charge in [-0.3, -0.25) is 14.5 Å². The van der Waals surface area contributed by atoms with Gasteiger partial charge in [0.1, 0.15) is 23.2 Å². The summed E-state index contributed by atoms with van der Waals surface area (Å²) in [7, 11) is 3.90. The van der Waals surface area contributed by atoms with Crippen molar-refractivity contribution in [1.82, 2.24) is 40.3 Å². The van der Waals surface area contributed by atoms with Crippen LogP contribution in [0, 0.1) is 0 Å². The Morgan fingerprint density at radius 1 is 1.19 bits per heavy atom. The van der Waals surface area contributed by atoms with Gasteiger partial charge in [0.25, 0.3) is 5.91 Å². The molecule has 3 N–H and O–H groups in total. The maximum absolute atomic E-state index is 13.6. The van der Waals surface area contributed by atoms with Gasteiger partial charge in [-0.15, -0.1) is 53.0 Å². The number of anilines is 1. The van der Waals surface area contributed by atoms with E-state index in [0.29, 0.717) is 33.9 Å². The van der Waals surface area contributed by atoms with Crippen molar-refractivity contribution in [3.63, 3.8) is 0 Å². The number of likely N-dealkylation sites (N-methyl/N-ethyl adjacent to an activating group) is 1. The summed E-state index contributed by atoms with van der Waals surface area (Å²) in [5.74, 6) is -1.01. The van der Waals surface area contributed by atoms with Crippen LogP contribution in [0.15, 0.2) is 21.8 Å². The number of hydrogen-bond donors (Lipinski definition) is 2. The molecule has 4 heterocycles. The number of nitrogens with two attached hydrogens (primary N) is 1. The molecule has 2 fully saturated rings. The minimum Gasteiger partial charge on any atom is -0.431 e. The molecule has 1 saturated carbocycles. The number of esters is 1. The van der Waals surface area contributed by atoms with Crippen molar-refractivity contribution >= 4 is 88.7 Å². The SMILES string of the molecule is CC(OC(=O)OC1CCCCC1)OC(=O)C1=C(CSc2nnnn2CCN(C)C)CS[C@H]2[C@H](NC(=O)Cc3csc(N)n3)C(=O)N12.Cl.Cl. The van der Waals surface area contributed by atoms with Crippen molar-refractivity contribution < 1.29 is 33.4 Å². The van der Waals surface area contributed by atoms with E-state index in [1.165, 1.54) is 46.7 Å². The second-order valence-electron chi connectivity index (χ2n) is 11.3. The number of nitrogens with one attached hydrogen (secondary N) is 1. The molecule has 3 aliphatic rings. The van der Waals surface area contributed by atoms with Gasteiger partial charge >= 0.3 is 12.1 Å². The number of halogens is 2. The van der Waals surface area contributed by atoms with E-state index in [1.807, 2.05) is 19.0 Å². The van der Waals surface area contributed by atoms with Crippen LogP contribution < -0.4 is 11.1 Å². The number of tetrazole rings is 1. The summed E-state index contributed by atoms with van der Waals surface area (Å²) in [4.78, 5) is 59.6. The first-order valence-corrected chi connectivity index (χ1v) is 17.8. The van der Waals surface area contributed by atoms with E-state index in [2.05, 4.69) is 25.8 Å². The molecule has 16 nitrogen and oxygen atoms in total. The van der Waals surface area contributed by atoms with Crippen molar-refractivity contribution in [2.45, 2.75) is 81.0 Å². The molecule has 1 unspecified atom stereocenters. The molecule has 2 aliphatic heterocycles. The molecule has 2 aromatic heterocycles. The van der Waals surface area contributed by atoms with E-state index in [1.54, 1.807) is 10.1 Å². The van der Waals surface area contributed by atoms with Crippen LogP contribution in [-0.2, 0) is 41.6 Å². The lowest BCUT2D eigenvalue weighted by atomic mass is 9.98. The van der Waals surface area contributed by atoms with Crippen molar-refractivity contribution in [2.75, 3.05) is 37.9 Å². The lowest BCUT2D eigenvalue weighted by Gasteiger charge is -2.49. The Balaban J connectivity index is 0.00000312. The van der Waals surface area contributed by atoms with Gasteiger partial charge in [-0.25, -0.2) is 19.3 Å². The number of hydrogen-bond acceptors (Lipinski definition) is 16. The molecule has 5 rings (SSSR count). The van der Waals surface area contributed by atoms with Crippen LogP contribution in [-0.4, -0.2) is 115 Å². The number of nitrogen functional groups attached to an aromatic ring is 1. The lowest BCUT2D eigenvalue weighted by molar-refractivity contribution is -0.170. The zero-order valence-corrected chi connectivity index (χ0v) is 30.6. The molecular weight excluding hydrogens is 729 g/mol. The predicted octanol–water partition coefficient (Wildman–Crippen LogP) is 2.48. The first kappa shape index (κ1) is 39.6. The highest BCUT2D eigenvalue weighted by Gasteiger charge is 2.54. The fourth-order valence-electron chi connectivity index (χ4n) is 5.18.